The van der Waals surface area contributed by atoms with Crippen LogP contribution in [0.3, 0.4) is 0 Å². The highest BCUT2D eigenvalue weighted by atomic mass is 16.8. The van der Waals surface area contributed by atoms with Gasteiger partial charge in [0.1, 0.15) is 12.2 Å². The summed E-state index contributed by atoms with van der Waals surface area (Å²) in [6, 6.07) is -0.0670. The van der Waals surface area contributed by atoms with Crippen molar-refractivity contribution < 1.29 is 28.9 Å². The highest BCUT2D eigenvalue weighted by Gasteiger charge is 2.64. The molecule has 0 aromatic carbocycles. The zero-order valence-corrected chi connectivity index (χ0v) is 21.6. The largest absolute Gasteiger partial charge is 0.447 e. The van der Waals surface area contributed by atoms with Crippen LogP contribution in [-0.4, -0.2) is 52.7 Å². The fourth-order valence-electron chi connectivity index (χ4n) is 6.50. The molecule has 2 saturated heterocycles. The molecule has 0 unspecified atom stereocenters. The number of carbonyl (C=O) groups is 2. The molecule has 7 heteroatoms. The molecular formula is C27H41NO6. The maximum Gasteiger partial charge on any atom is 0.309 e. The van der Waals surface area contributed by atoms with Gasteiger partial charge in [-0.25, -0.2) is 0 Å². The number of fused-ring (bicyclic) bond motifs is 1. The van der Waals surface area contributed by atoms with Crippen molar-refractivity contribution >= 4 is 11.9 Å². The maximum atomic E-state index is 13.7. The third kappa shape index (κ3) is 4.47. The number of amides is 1. The first kappa shape index (κ1) is 25.4. The van der Waals surface area contributed by atoms with E-state index in [-0.39, 0.29) is 36.1 Å². The normalized spacial score (nSPS) is 43.9. The van der Waals surface area contributed by atoms with Gasteiger partial charge in [-0.3, -0.25) is 9.59 Å². The summed E-state index contributed by atoms with van der Waals surface area (Å²) in [6.07, 6.45) is 4.02. The van der Waals surface area contributed by atoms with Crippen LogP contribution < -0.4 is 5.32 Å². The van der Waals surface area contributed by atoms with Gasteiger partial charge in [0.15, 0.2) is 5.79 Å². The first-order chi connectivity index (χ1) is 15.8. The Bertz CT molecular complexity index is 892. The van der Waals surface area contributed by atoms with Crippen LogP contribution in [0.5, 0.6) is 0 Å². The molecule has 3 heterocycles. The monoisotopic (exact) mass is 475 g/mol. The Kier molecular flexibility index (Phi) is 6.77. The van der Waals surface area contributed by atoms with Crippen LogP contribution in [-0.2, 0) is 23.8 Å². The zero-order valence-electron chi connectivity index (χ0n) is 21.6. The molecule has 0 aromatic heterocycles. The van der Waals surface area contributed by atoms with Crippen LogP contribution in [0.1, 0.15) is 74.1 Å². The zero-order chi connectivity index (χ0) is 25.0. The Balaban J connectivity index is 1.78. The lowest BCUT2D eigenvalue weighted by Gasteiger charge is -2.45. The van der Waals surface area contributed by atoms with Gasteiger partial charge in [-0.2, -0.15) is 0 Å². The highest BCUT2D eigenvalue weighted by molar-refractivity contribution is 5.92. The molecule has 1 aliphatic carbocycles. The number of rotatable bonds is 2. The number of aliphatic hydroxyl groups is 1. The van der Waals surface area contributed by atoms with Gasteiger partial charge in [0, 0.05) is 17.9 Å². The van der Waals surface area contributed by atoms with Gasteiger partial charge in [-0.1, -0.05) is 44.1 Å². The van der Waals surface area contributed by atoms with Crippen molar-refractivity contribution in [2.45, 2.75) is 110 Å². The van der Waals surface area contributed by atoms with Gasteiger partial charge in [-0.15, -0.1) is 0 Å². The number of esters is 1. The molecule has 1 amide bonds. The second-order valence-corrected chi connectivity index (χ2v) is 11.7. The van der Waals surface area contributed by atoms with Crippen molar-refractivity contribution in [1.82, 2.24) is 5.32 Å². The Hall–Kier alpha value is -1.70. The number of nitrogens with one attached hydrogen (secondary N) is 1. The third-order valence-electron chi connectivity index (χ3n) is 8.07. The molecule has 34 heavy (non-hydrogen) atoms. The van der Waals surface area contributed by atoms with Crippen molar-refractivity contribution in [3.8, 4) is 0 Å². The molecule has 0 aromatic rings. The first-order valence-electron chi connectivity index (χ1n) is 12.8. The molecule has 0 saturated carbocycles. The first-order valence-corrected chi connectivity index (χ1v) is 12.8. The number of ether oxygens (including phenoxy) is 3. The van der Waals surface area contributed by atoms with Crippen molar-refractivity contribution in [3.63, 3.8) is 0 Å². The smallest absolute Gasteiger partial charge is 0.309 e. The molecule has 0 radical (unpaired) electrons. The molecule has 4 aliphatic rings. The van der Waals surface area contributed by atoms with Crippen LogP contribution in [0.15, 0.2) is 23.3 Å². The molecule has 190 valence electrons. The molecule has 1 spiro atoms. The van der Waals surface area contributed by atoms with Gasteiger partial charge >= 0.3 is 5.97 Å². The summed E-state index contributed by atoms with van der Waals surface area (Å²) in [6.45, 7) is 14.1. The molecule has 7 nitrogen and oxygen atoms in total. The van der Waals surface area contributed by atoms with E-state index >= 15 is 0 Å². The minimum atomic E-state index is -1.29. The van der Waals surface area contributed by atoms with E-state index in [1.807, 2.05) is 6.92 Å². The highest BCUT2D eigenvalue weighted by Crippen LogP contribution is 2.51. The summed E-state index contributed by atoms with van der Waals surface area (Å²) < 4.78 is 18.3. The molecule has 3 aliphatic heterocycles. The summed E-state index contributed by atoms with van der Waals surface area (Å²) in [5.41, 5.74) is 0.962. The Morgan fingerprint density at radius 1 is 1.18 bits per heavy atom. The Morgan fingerprint density at radius 2 is 1.88 bits per heavy atom. The quantitative estimate of drug-likeness (QED) is 0.468. The number of hydrogen-bond donors (Lipinski definition) is 2. The van der Waals surface area contributed by atoms with Crippen LogP contribution >= 0.6 is 0 Å². The van der Waals surface area contributed by atoms with E-state index in [2.05, 4.69) is 45.2 Å². The molecule has 4 rings (SSSR count). The predicted octanol–water partition coefficient (Wildman–Crippen LogP) is 3.65. The summed E-state index contributed by atoms with van der Waals surface area (Å²) in [7, 11) is 0. The topological polar surface area (TPSA) is 94.1 Å². The van der Waals surface area contributed by atoms with E-state index in [0.717, 1.165) is 12.0 Å². The molecule has 2 N–H and O–H groups in total. The number of aliphatic hydroxyl groups excluding tert-OH is 1. The SMILES string of the molecule is CC1=C[C@@H]2/C=C(\C)CC[C@H](O)[C@H]3OC(C)(C)O[C@@H]3CC(=O)O[C@]23C(=O)N[C@@H](CC(C)C)[C@@H]3[C@@H]1C. The van der Waals surface area contributed by atoms with Gasteiger partial charge in [-0.05, 0) is 58.8 Å². The van der Waals surface area contributed by atoms with Gasteiger partial charge in [0.2, 0.25) is 5.60 Å². The van der Waals surface area contributed by atoms with Crippen molar-refractivity contribution in [1.29, 1.82) is 0 Å². The lowest BCUT2D eigenvalue weighted by Crippen LogP contribution is -2.56. The fraction of sp³-hybridized carbons (Fsp3) is 0.778. The predicted molar refractivity (Wildman–Crippen MR) is 128 cm³/mol. The lowest BCUT2D eigenvalue weighted by molar-refractivity contribution is -0.180. The van der Waals surface area contributed by atoms with Crippen molar-refractivity contribution in [3.05, 3.63) is 23.3 Å². The summed E-state index contributed by atoms with van der Waals surface area (Å²) in [5, 5.41) is 14.1. The minimum Gasteiger partial charge on any atom is -0.447 e. The van der Waals surface area contributed by atoms with Gasteiger partial charge in [0.25, 0.3) is 5.91 Å². The van der Waals surface area contributed by atoms with Crippen LogP contribution in [0.2, 0.25) is 0 Å². The van der Waals surface area contributed by atoms with E-state index in [1.165, 1.54) is 5.57 Å². The van der Waals surface area contributed by atoms with Gasteiger partial charge in [0.05, 0.1) is 12.5 Å². The Labute approximate surface area is 203 Å². The minimum absolute atomic E-state index is 0.0670. The lowest BCUT2D eigenvalue weighted by atomic mass is 9.63. The van der Waals surface area contributed by atoms with Crippen molar-refractivity contribution in [2.24, 2.45) is 23.7 Å². The maximum absolute atomic E-state index is 13.7. The van der Waals surface area contributed by atoms with Crippen LogP contribution in [0.25, 0.3) is 0 Å². The number of allylic oxidation sites excluding steroid dienone is 2. The average Bonchev–Trinajstić information content (AvgIpc) is 3.16. The number of hydrogen-bond acceptors (Lipinski definition) is 6. The van der Waals surface area contributed by atoms with E-state index in [4.69, 9.17) is 14.2 Å². The second-order valence-electron chi connectivity index (χ2n) is 11.7. The molecular weight excluding hydrogens is 434 g/mol. The van der Waals surface area contributed by atoms with Crippen LogP contribution in [0.4, 0.5) is 0 Å². The summed E-state index contributed by atoms with van der Waals surface area (Å²) >= 11 is 0. The second kappa shape index (κ2) is 9.07. The summed E-state index contributed by atoms with van der Waals surface area (Å²) in [5.74, 6) is -1.65. The molecule has 8 atom stereocenters. The summed E-state index contributed by atoms with van der Waals surface area (Å²) in [4.78, 5) is 27.2. The molecule has 2 fully saturated rings. The van der Waals surface area contributed by atoms with E-state index in [0.29, 0.717) is 18.8 Å². The Morgan fingerprint density at radius 3 is 2.56 bits per heavy atom. The standard InChI is InChI=1S/C27H41NO6/c1-14(2)10-19-23-17(5)16(4)12-18-11-15(3)8-9-20(29)24-21(32-26(6,7)34-24)13-22(30)33-27(18,23)25(31)28-19/h11-12,14,17-21,23-24,29H,8-10,13H2,1-7H3,(H,28,31)/b15-11+/t17-,18+,19+,20+,21-,23+,24-,27-/m1/s1. The van der Waals surface area contributed by atoms with Crippen molar-refractivity contribution in [2.75, 3.05) is 0 Å². The molecule has 0 bridgehead atoms. The average molecular weight is 476 g/mol. The van der Waals surface area contributed by atoms with Gasteiger partial charge < -0.3 is 24.6 Å². The third-order valence-corrected chi connectivity index (χ3v) is 8.07. The van der Waals surface area contributed by atoms with E-state index in [9.17, 15) is 14.7 Å². The van der Waals surface area contributed by atoms with E-state index in [1.54, 1.807) is 13.8 Å². The number of carbonyl (C=O) groups excluding carboxylic acids is 2. The van der Waals surface area contributed by atoms with E-state index < -0.39 is 35.7 Å². The van der Waals surface area contributed by atoms with Crippen LogP contribution in [0, 0.1) is 23.7 Å². The fourth-order valence-corrected chi connectivity index (χ4v) is 6.50.